The summed E-state index contributed by atoms with van der Waals surface area (Å²) in [5.41, 5.74) is 0.136. The van der Waals surface area contributed by atoms with E-state index in [1.165, 1.54) is 11.3 Å². The van der Waals surface area contributed by atoms with Gasteiger partial charge < -0.3 is 14.0 Å². The highest BCUT2D eigenvalue weighted by molar-refractivity contribution is 7.12. The lowest BCUT2D eigenvalue weighted by Crippen LogP contribution is -2.41. The number of hydrogen-bond donors (Lipinski definition) is 0. The van der Waals surface area contributed by atoms with Crippen molar-refractivity contribution in [2.75, 3.05) is 6.61 Å². The van der Waals surface area contributed by atoms with E-state index in [0.29, 0.717) is 11.8 Å². The smallest absolute Gasteiger partial charge is 0.470 e. The normalized spacial score (nSPS) is 21.8. The molecule has 0 amide bonds. The van der Waals surface area contributed by atoms with Gasteiger partial charge in [0.25, 0.3) is 5.19 Å². The van der Waals surface area contributed by atoms with E-state index in [9.17, 15) is 0 Å². The Kier molecular flexibility index (Phi) is 3.22. The van der Waals surface area contributed by atoms with Gasteiger partial charge in [-0.1, -0.05) is 11.3 Å². The first kappa shape index (κ1) is 12.9. The number of aromatic nitrogens is 1. The van der Waals surface area contributed by atoms with E-state index < -0.39 is 7.12 Å². The first-order chi connectivity index (χ1) is 7.86. The molecule has 0 atom stereocenters. The molecule has 4 nitrogen and oxygen atoms in total. The Balaban J connectivity index is 2.14. The monoisotopic (exact) mass is 255 g/mol. The first-order valence-corrected chi connectivity index (χ1v) is 6.67. The van der Waals surface area contributed by atoms with E-state index in [0.717, 1.165) is 5.59 Å². The first-order valence-electron chi connectivity index (χ1n) is 5.79. The summed E-state index contributed by atoms with van der Waals surface area (Å²) in [4.78, 5) is 4.36. The third-order valence-corrected chi connectivity index (χ3v) is 4.03. The molecule has 0 aromatic carbocycles. The molecule has 2 heterocycles. The minimum absolute atomic E-state index is 0.326. The Hall–Kier alpha value is -0.585. The van der Waals surface area contributed by atoms with Gasteiger partial charge in [0.1, 0.15) is 0 Å². The molecule has 0 aliphatic carbocycles. The molecular weight excluding hydrogens is 237 g/mol. The maximum absolute atomic E-state index is 5.91. The van der Waals surface area contributed by atoms with Crippen molar-refractivity contribution in [3.63, 3.8) is 0 Å². The van der Waals surface area contributed by atoms with Gasteiger partial charge in [-0.25, -0.2) is 4.98 Å². The summed E-state index contributed by atoms with van der Waals surface area (Å²) in [6, 6.07) is 0. The van der Waals surface area contributed by atoms with E-state index in [2.05, 4.69) is 4.98 Å². The maximum atomic E-state index is 5.91. The van der Waals surface area contributed by atoms with E-state index >= 15 is 0 Å². The minimum Gasteiger partial charge on any atom is -0.470 e. The van der Waals surface area contributed by atoms with Crippen LogP contribution in [0.1, 0.15) is 34.6 Å². The fraction of sp³-hybridized carbons (Fsp3) is 0.727. The number of thiazole rings is 1. The van der Waals surface area contributed by atoms with Crippen molar-refractivity contribution >= 4 is 24.0 Å². The van der Waals surface area contributed by atoms with Crippen LogP contribution in [0, 0.1) is 0 Å². The second-order valence-corrected chi connectivity index (χ2v) is 5.88. The average molecular weight is 255 g/mol. The Morgan fingerprint density at radius 1 is 1.29 bits per heavy atom. The van der Waals surface area contributed by atoms with Crippen LogP contribution in [-0.2, 0) is 9.31 Å². The fourth-order valence-corrected chi connectivity index (χ4v) is 2.26. The standard InChI is InChI=1S/C11H18BNO3S/c1-6-14-9-13-8(7-17-9)12-15-10(2,3)11(4,5)16-12/h7H,6H2,1-5H3. The second kappa shape index (κ2) is 4.26. The van der Waals surface area contributed by atoms with Crippen LogP contribution < -0.4 is 10.3 Å². The molecule has 1 aromatic rings. The van der Waals surface area contributed by atoms with Gasteiger partial charge in [-0.2, -0.15) is 0 Å². The summed E-state index contributed by atoms with van der Waals surface area (Å²) < 4.78 is 17.2. The molecule has 0 saturated carbocycles. The molecule has 1 aliphatic rings. The molecule has 1 aliphatic heterocycles. The van der Waals surface area contributed by atoms with Gasteiger partial charge in [-0.3, -0.25) is 0 Å². The van der Waals surface area contributed by atoms with Crippen LogP contribution in [0.25, 0.3) is 0 Å². The van der Waals surface area contributed by atoms with Crippen LogP contribution in [0.5, 0.6) is 5.19 Å². The maximum Gasteiger partial charge on any atom is 0.515 e. The highest BCUT2D eigenvalue weighted by Gasteiger charge is 2.52. The van der Waals surface area contributed by atoms with Gasteiger partial charge in [0.15, 0.2) is 0 Å². The Morgan fingerprint density at radius 3 is 2.41 bits per heavy atom. The molecule has 17 heavy (non-hydrogen) atoms. The van der Waals surface area contributed by atoms with Crippen LogP contribution >= 0.6 is 11.3 Å². The molecule has 0 spiro atoms. The zero-order valence-electron chi connectivity index (χ0n) is 10.9. The Morgan fingerprint density at radius 2 is 1.88 bits per heavy atom. The molecule has 6 heteroatoms. The summed E-state index contributed by atoms with van der Waals surface area (Å²) >= 11 is 1.47. The Bertz CT molecular complexity index is 389. The van der Waals surface area contributed by atoms with Crippen LogP contribution in [-0.4, -0.2) is 29.9 Å². The molecule has 0 N–H and O–H groups in total. The zero-order valence-corrected chi connectivity index (χ0v) is 11.8. The predicted molar refractivity (Wildman–Crippen MR) is 69.0 cm³/mol. The highest BCUT2D eigenvalue weighted by atomic mass is 32.1. The van der Waals surface area contributed by atoms with E-state index in [1.807, 2.05) is 40.0 Å². The Labute approximate surface area is 106 Å². The van der Waals surface area contributed by atoms with Gasteiger partial charge in [0.2, 0.25) is 0 Å². The van der Waals surface area contributed by atoms with Crippen molar-refractivity contribution in [1.29, 1.82) is 0 Å². The van der Waals surface area contributed by atoms with Crippen molar-refractivity contribution in [3.05, 3.63) is 5.38 Å². The largest absolute Gasteiger partial charge is 0.515 e. The van der Waals surface area contributed by atoms with Crippen molar-refractivity contribution < 1.29 is 14.0 Å². The molecule has 0 radical (unpaired) electrons. The molecule has 0 bridgehead atoms. The number of ether oxygens (including phenoxy) is 1. The number of nitrogens with zero attached hydrogens (tertiary/aromatic N) is 1. The van der Waals surface area contributed by atoms with Crippen molar-refractivity contribution in [2.45, 2.75) is 45.8 Å². The summed E-state index contributed by atoms with van der Waals surface area (Å²) in [6.45, 7) is 10.7. The zero-order chi connectivity index (χ0) is 12.7. The molecule has 94 valence electrons. The van der Waals surface area contributed by atoms with Gasteiger partial charge in [0, 0.05) is 5.38 Å². The lowest BCUT2D eigenvalue weighted by molar-refractivity contribution is 0.00578. The third-order valence-electron chi connectivity index (χ3n) is 3.26. The third kappa shape index (κ3) is 2.34. The predicted octanol–water partition coefficient (Wildman–Crippen LogP) is 1.84. The van der Waals surface area contributed by atoms with Crippen molar-refractivity contribution in [3.8, 4) is 5.19 Å². The number of hydrogen-bond acceptors (Lipinski definition) is 5. The highest BCUT2D eigenvalue weighted by Crippen LogP contribution is 2.36. The quantitative estimate of drug-likeness (QED) is 0.773. The van der Waals surface area contributed by atoms with E-state index in [4.69, 9.17) is 14.0 Å². The van der Waals surface area contributed by atoms with Crippen molar-refractivity contribution in [1.82, 2.24) is 4.98 Å². The molecule has 1 aromatic heterocycles. The average Bonchev–Trinajstić information content (AvgIpc) is 2.71. The van der Waals surface area contributed by atoms with Gasteiger partial charge in [-0.05, 0) is 34.6 Å². The molecule has 1 fully saturated rings. The topological polar surface area (TPSA) is 40.6 Å². The summed E-state index contributed by atoms with van der Waals surface area (Å²) in [6.07, 6.45) is 0. The molecule has 2 rings (SSSR count). The fourth-order valence-electron chi connectivity index (χ4n) is 1.53. The number of rotatable bonds is 3. The SMILES string of the molecule is CCOc1nc(B2OC(C)(C)C(C)(C)O2)cs1. The van der Waals surface area contributed by atoms with E-state index in [-0.39, 0.29) is 11.2 Å². The lowest BCUT2D eigenvalue weighted by Gasteiger charge is -2.32. The molecule has 1 saturated heterocycles. The van der Waals surface area contributed by atoms with Crippen LogP contribution in [0.2, 0.25) is 0 Å². The van der Waals surface area contributed by atoms with E-state index in [1.54, 1.807) is 0 Å². The molecule has 0 unspecified atom stereocenters. The lowest BCUT2D eigenvalue weighted by atomic mass is 9.86. The second-order valence-electron chi connectivity index (χ2n) is 5.06. The van der Waals surface area contributed by atoms with Crippen molar-refractivity contribution in [2.24, 2.45) is 0 Å². The van der Waals surface area contributed by atoms with Gasteiger partial charge in [-0.15, -0.1) is 0 Å². The minimum atomic E-state index is -0.398. The summed E-state index contributed by atoms with van der Waals surface area (Å²) in [5.74, 6) is 0. The van der Waals surface area contributed by atoms with Crippen LogP contribution in [0.3, 0.4) is 0 Å². The van der Waals surface area contributed by atoms with Gasteiger partial charge in [0.05, 0.1) is 23.4 Å². The summed E-state index contributed by atoms with van der Waals surface area (Å²) in [7, 11) is -0.398. The summed E-state index contributed by atoms with van der Waals surface area (Å²) in [5, 5.41) is 2.59. The van der Waals surface area contributed by atoms with Crippen LogP contribution in [0.4, 0.5) is 0 Å². The van der Waals surface area contributed by atoms with Crippen LogP contribution in [0.15, 0.2) is 5.38 Å². The van der Waals surface area contributed by atoms with Gasteiger partial charge >= 0.3 is 7.12 Å². The molecular formula is C11H18BNO3S.